The van der Waals surface area contributed by atoms with E-state index in [1.807, 2.05) is 4.90 Å². The number of aliphatic hydroxyl groups excluding tert-OH is 1. The van der Waals surface area contributed by atoms with E-state index in [0.717, 1.165) is 32.1 Å². The minimum Gasteiger partial charge on any atom is -0.394 e. The van der Waals surface area contributed by atoms with Crippen molar-refractivity contribution in [3.63, 3.8) is 0 Å². The van der Waals surface area contributed by atoms with Crippen LogP contribution in [-0.4, -0.2) is 40.6 Å². The summed E-state index contributed by atoms with van der Waals surface area (Å²) < 4.78 is 0. The van der Waals surface area contributed by atoms with Gasteiger partial charge >= 0.3 is 0 Å². The van der Waals surface area contributed by atoms with E-state index in [-0.39, 0.29) is 12.6 Å². The SMILES string of the molecule is O=Cc1cnc(N2CCCCCC2CO)nc1. The summed E-state index contributed by atoms with van der Waals surface area (Å²) in [5, 5.41) is 9.40. The molecule has 17 heavy (non-hydrogen) atoms. The second kappa shape index (κ2) is 5.72. The maximum absolute atomic E-state index is 10.5. The summed E-state index contributed by atoms with van der Waals surface area (Å²) in [4.78, 5) is 21.0. The van der Waals surface area contributed by atoms with Crippen LogP contribution in [0.1, 0.15) is 36.0 Å². The molecule has 1 aliphatic heterocycles. The highest BCUT2D eigenvalue weighted by molar-refractivity contribution is 5.73. The number of carbonyl (C=O) groups excluding carboxylic acids is 1. The Morgan fingerprint density at radius 2 is 2.12 bits per heavy atom. The van der Waals surface area contributed by atoms with E-state index in [2.05, 4.69) is 9.97 Å². The average molecular weight is 235 g/mol. The van der Waals surface area contributed by atoms with E-state index in [9.17, 15) is 9.90 Å². The van der Waals surface area contributed by atoms with E-state index >= 15 is 0 Å². The number of aliphatic hydroxyl groups is 1. The average Bonchev–Trinajstić information content (AvgIpc) is 2.64. The molecule has 1 aromatic heterocycles. The first-order chi connectivity index (χ1) is 8.35. The van der Waals surface area contributed by atoms with Gasteiger partial charge in [-0.1, -0.05) is 12.8 Å². The zero-order chi connectivity index (χ0) is 12.1. The Morgan fingerprint density at radius 3 is 2.76 bits per heavy atom. The van der Waals surface area contributed by atoms with Gasteiger partial charge in [0.15, 0.2) is 6.29 Å². The van der Waals surface area contributed by atoms with Crippen LogP contribution in [0.15, 0.2) is 12.4 Å². The molecule has 0 saturated carbocycles. The van der Waals surface area contributed by atoms with Crippen LogP contribution in [0.3, 0.4) is 0 Å². The molecule has 0 amide bonds. The van der Waals surface area contributed by atoms with Crippen molar-refractivity contribution in [2.24, 2.45) is 0 Å². The minimum atomic E-state index is 0.0968. The highest BCUT2D eigenvalue weighted by Crippen LogP contribution is 2.20. The van der Waals surface area contributed by atoms with Crippen LogP contribution in [0.5, 0.6) is 0 Å². The molecule has 0 bridgehead atoms. The Balaban J connectivity index is 2.18. The van der Waals surface area contributed by atoms with Crippen LogP contribution < -0.4 is 4.90 Å². The monoisotopic (exact) mass is 235 g/mol. The molecule has 0 aliphatic carbocycles. The number of carbonyl (C=O) groups is 1. The number of rotatable bonds is 3. The molecule has 1 saturated heterocycles. The van der Waals surface area contributed by atoms with Gasteiger partial charge in [0.25, 0.3) is 0 Å². The summed E-state index contributed by atoms with van der Waals surface area (Å²) in [7, 11) is 0. The molecule has 2 rings (SSSR count). The predicted molar refractivity (Wildman–Crippen MR) is 64.1 cm³/mol. The number of hydrogen-bond donors (Lipinski definition) is 1. The van der Waals surface area contributed by atoms with Gasteiger partial charge in [0.2, 0.25) is 5.95 Å². The summed E-state index contributed by atoms with van der Waals surface area (Å²) in [5.41, 5.74) is 0.476. The van der Waals surface area contributed by atoms with Crippen molar-refractivity contribution in [2.45, 2.75) is 31.7 Å². The smallest absolute Gasteiger partial charge is 0.225 e. The number of aldehydes is 1. The topological polar surface area (TPSA) is 66.3 Å². The molecular weight excluding hydrogens is 218 g/mol. The fourth-order valence-electron chi connectivity index (χ4n) is 2.17. The first-order valence-electron chi connectivity index (χ1n) is 6.00. The molecule has 1 unspecified atom stereocenters. The van der Waals surface area contributed by atoms with Gasteiger partial charge in [-0.3, -0.25) is 4.79 Å². The van der Waals surface area contributed by atoms with Crippen molar-refractivity contribution in [2.75, 3.05) is 18.1 Å². The van der Waals surface area contributed by atoms with Crippen LogP contribution in [0.25, 0.3) is 0 Å². The molecule has 1 atom stereocenters. The van der Waals surface area contributed by atoms with Gasteiger partial charge in [0, 0.05) is 18.9 Å². The highest BCUT2D eigenvalue weighted by atomic mass is 16.3. The summed E-state index contributed by atoms with van der Waals surface area (Å²) in [6, 6.07) is 0.0968. The summed E-state index contributed by atoms with van der Waals surface area (Å²) in [6.45, 7) is 0.991. The van der Waals surface area contributed by atoms with Crippen molar-refractivity contribution in [1.29, 1.82) is 0 Å². The Hall–Kier alpha value is -1.49. The molecule has 1 N–H and O–H groups in total. The third-order valence-electron chi connectivity index (χ3n) is 3.14. The first-order valence-corrected chi connectivity index (χ1v) is 6.00. The lowest BCUT2D eigenvalue weighted by molar-refractivity contribution is 0.112. The van der Waals surface area contributed by atoms with Gasteiger partial charge in [0.1, 0.15) is 0 Å². The molecule has 2 heterocycles. The van der Waals surface area contributed by atoms with Gasteiger partial charge < -0.3 is 10.0 Å². The number of aromatic nitrogens is 2. The molecule has 1 fully saturated rings. The van der Waals surface area contributed by atoms with E-state index < -0.39 is 0 Å². The minimum absolute atomic E-state index is 0.0968. The Bertz CT molecular complexity index is 367. The summed E-state index contributed by atoms with van der Waals surface area (Å²) in [6.07, 6.45) is 8.15. The lowest BCUT2D eigenvalue weighted by atomic mass is 10.1. The number of anilines is 1. The lowest BCUT2D eigenvalue weighted by Crippen LogP contribution is -2.38. The van der Waals surface area contributed by atoms with Crippen LogP contribution in [0.4, 0.5) is 5.95 Å². The summed E-state index contributed by atoms with van der Waals surface area (Å²) in [5.74, 6) is 0.608. The van der Waals surface area contributed by atoms with Crippen LogP contribution in [0.2, 0.25) is 0 Å². The van der Waals surface area contributed by atoms with Gasteiger partial charge in [-0.25, -0.2) is 9.97 Å². The largest absolute Gasteiger partial charge is 0.394 e. The Morgan fingerprint density at radius 1 is 1.35 bits per heavy atom. The molecule has 0 radical (unpaired) electrons. The van der Waals surface area contributed by atoms with E-state index in [1.165, 1.54) is 18.8 Å². The molecular formula is C12H17N3O2. The molecule has 1 aromatic rings. The third-order valence-corrected chi connectivity index (χ3v) is 3.14. The molecule has 5 nitrogen and oxygen atoms in total. The quantitative estimate of drug-likeness (QED) is 0.793. The summed E-state index contributed by atoms with van der Waals surface area (Å²) >= 11 is 0. The standard InChI is InChI=1S/C12H17N3O2/c16-8-10-6-13-12(14-7-10)15-5-3-1-2-4-11(15)9-17/h6-8,11,17H,1-5,9H2. The van der Waals surface area contributed by atoms with E-state index in [4.69, 9.17) is 0 Å². The van der Waals surface area contributed by atoms with Gasteiger partial charge in [-0.2, -0.15) is 0 Å². The van der Waals surface area contributed by atoms with E-state index in [0.29, 0.717) is 11.5 Å². The van der Waals surface area contributed by atoms with E-state index in [1.54, 1.807) is 0 Å². The van der Waals surface area contributed by atoms with Gasteiger partial charge in [-0.15, -0.1) is 0 Å². The van der Waals surface area contributed by atoms with Gasteiger partial charge in [0.05, 0.1) is 18.2 Å². The predicted octanol–water partition coefficient (Wildman–Crippen LogP) is 1.03. The molecule has 92 valence electrons. The van der Waals surface area contributed by atoms with Gasteiger partial charge in [-0.05, 0) is 12.8 Å². The van der Waals surface area contributed by atoms with Crippen LogP contribution >= 0.6 is 0 Å². The lowest BCUT2D eigenvalue weighted by Gasteiger charge is -2.28. The molecule has 5 heteroatoms. The second-order valence-corrected chi connectivity index (χ2v) is 4.31. The highest BCUT2D eigenvalue weighted by Gasteiger charge is 2.22. The van der Waals surface area contributed by atoms with Crippen molar-refractivity contribution >= 4 is 12.2 Å². The maximum Gasteiger partial charge on any atom is 0.225 e. The fourth-order valence-corrected chi connectivity index (χ4v) is 2.17. The van der Waals surface area contributed by atoms with Crippen LogP contribution in [-0.2, 0) is 0 Å². The zero-order valence-electron chi connectivity index (χ0n) is 9.75. The normalized spacial score (nSPS) is 21.0. The second-order valence-electron chi connectivity index (χ2n) is 4.31. The Kier molecular flexibility index (Phi) is 4.03. The van der Waals surface area contributed by atoms with Crippen molar-refractivity contribution < 1.29 is 9.90 Å². The molecule has 0 aromatic carbocycles. The van der Waals surface area contributed by atoms with Crippen molar-refractivity contribution in [3.8, 4) is 0 Å². The maximum atomic E-state index is 10.5. The molecule has 1 aliphatic rings. The van der Waals surface area contributed by atoms with Crippen molar-refractivity contribution in [3.05, 3.63) is 18.0 Å². The first kappa shape index (κ1) is 12.0. The number of nitrogens with zero attached hydrogens (tertiary/aromatic N) is 3. The Labute approximate surface area is 100 Å². The van der Waals surface area contributed by atoms with Crippen LogP contribution in [0, 0.1) is 0 Å². The molecule has 0 spiro atoms. The fraction of sp³-hybridized carbons (Fsp3) is 0.583. The van der Waals surface area contributed by atoms with Crippen molar-refractivity contribution in [1.82, 2.24) is 9.97 Å². The third kappa shape index (κ3) is 2.79. The number of hydrogen-bond acceptors (Lipinski definition) is 5. The zero-order valence-corrected chi connectivity index (χ0v) is 9.75.